The van der Waals surface area contributed by atoms with Gasteiger partial charge in [-0.3, -0.25) is 14.9 Å². The summed E-state index contributed by atoms with van der Waals surface area (Å²) in [4.78, 5) is 21.9. The molecule has 98 valence electrons. The molecule has 1 amide bonds. The zero-order valence-corrected chi connectivity index (χ0v) is 10.1. The summed E-state index contributed by atoms with van der Waals surface area (Å²) in [6.45, 7) is 2.22. The first-order valence-corrected chi connectivity index (χ1v) is 5.34. The van der Waals surface area contributed by atoms with Crippen LogP contribution in [0.1, 0.15) is 15.9 Å². The van der Waals surface area contributed by atoms with Crippen molar-refractivity contribution in [1.29, 1.82) is 0 Å². The van der Waals surface area contributed by atoms with E-state index in [1.807, 2.05) is 0 Å². The SMILES string of the molecule is CNCCNC(=O)c1cc(F)cc(C)c1[N+](=O)[O-]. The highest BCUT2D eigenvalue weighted by Crippen LogP contribution is 2.24. The molecule has 2 N–H and O–H groups in total. The topological polar surface area (TPSA) is 84.3 Å². The number of halogens is 1. The molecular formula is C11H14FN3O3. The van der Waals surface area contributed by atoms with E-state index in [0.29, 0.717) is 13.1 Å². The second-order valence-electron chi connectivity index (χ2n) is 3.74. The van der Waals surface area contributed by atoms with Crippen LogP contribution in [0.25, 0.3) is 0 Å². The summed E-state index contributed by atoms with van der Waals surface area (Å²) >= 11 is 0. The number of nitrogens with one attached hydrogen (secondary N) is 2. The van der Waals surface area contributed by atoms with Crippen LogP contribution in [0.15, 0.2) is 12.1 Å². The Morgan fingerprint density at radius 2 is 2.11 bits per heavy atom. The number of benzene rings is 1. The lowest BCUT2D eigenvalue weighted by atomic mass is 10.1. The molecule has 0 saturated heterocycles. The Balaban J connectivity index is 3.06. The van der Waals surface area contributed by atoms with Crippen LogP contribution in [0.2, 0.25) is 0 Å². The number of nitrogens with zero attached hydrogens (tertiary/aromatic N) is 1. The van der Waals surface area contributed by atoms with E-state index in [1.165, 1.54) is 6.92 Å². The van der Waals surface area contributed by atoms with Crippen LogP contribution in [0.5, 0.6) is 0 Å². The Morgan fingerprint density at radius 3 is 2.67 bits per heavy atom. The number of nitro benzene ring substituents is 1. The maximum Gasteiger partial charge on any atom is 0.285 e. The number of hydrogen-bond donors (Lipinski definition) is 2. The fraction of sp³-hybridized carbons (Fsp3) is 0.364. The van der Waals surface area contributed by atoms with E-state index < -0.39 is 16.6 Å². The summed E-state index contributed by atoms with van der Waals surface area (Å²) in [6.07, 6.45) is 0. The van der Waals surface area contributed by atoms with Crippen molar-refractivity contribution in [2.45, 2.75) is 6.92 Å². The smallest absolute Gasteiger partial charge is 0.285 e. The van der Waals surface area contributed by atoms with Crippen molar-refractivity contribution >= 4 is 11.6 Å². The van der Waals surface area contributed by atoms with E-state index in [1.54, 1.807) is 7.05 Å². The normalized spacial score (nSPS) is 10.2. The van der Waals surface area contributed by atoms with Gasteiger partial charge in [0.15, 0.2) is 0 Å². The Morgan fingerprint density at radius 1 is 1.44 bits per heavy atom. The molecular weight excluding hydrogens is 241 g/mol. The standard InChI is InChI=1S/C11H14FN3O3/c1-7-5-8(12)6-9(10(7)15(17)18)11(16)14-4-3-13-2/h5-6,13H,3-4H2,1-2H3,(H,14,16). The highest BCUT2D eigenvalue weighted by Gasteiger charge is 2.23. The van der Waals surface area contributed by atoms with Crippen molar-refractivity contribution in [3.63, 3.8) is 0 Å². The quantitative estimate of drug-likeness (QED) is 0.467. The van der Waals surface area contributed by atoms with Gasteiger partial charge in [-0.25, -0.2) is 4.39 Å². The van der Waals surface area contributed by atoms with Crippen LogP contribution in [0, 0.1) is 22.9 Å². The van der Waals surface area contributed by atoms with Gasteiger partial charge >= 0.3 is 0 Å². The number of amides is 1. The molecule has 0 heterocycles. The van der Waals surface area contributed by atoms with Gasteiger partial charge in [-0.2, -0.15) is 0 Å². The van der Waals surface area contributed by atoms with Gasteiger partial charge in [0.05, 0.1) is 4.92 Å². The third-order valence-electron chi connectivity index (χ3n) is 2.35. The summed E-state index contributed by atoms with van der Waals surface area (Å²) in [5.41, 5.74) is -0.495. The molecule has 0 spiro atoms. The van der Waals surface area contributed by atoms with Crippen LogP contribution in [0.3, 0.4) is 0 Å². The summed E-state index contributed by atoms with van der Waals surface area (Å²) < 4.78 is 13.2. The minimum atomic E-state index is -0.679. The highest BCUT2D eigenvalue weighted by molar-refractivity contribution is 5.98. The van der Waals surface area contributed by atoms with Crippen LogP contribution < -0.4 is 10.6 Å². The number of rotatable bonds is 5. The molecule has 7 heteroatoms. The summed E-state index contributed by atoms with van der Waals surface area (Å²) in [5, 5.41) is 16.2. The average molecular weight is 255 g/mol. The predicted octanol–water partition coefficient (Wildman–Crippen LogP) is 0.992. The van der Waals surface area contributed by atoms with Crippen molar-refractivity contribution in [1.82, 2.24) is 10.6 Å². The van der Waals surface area contributed by atoms with Gasteiger partial charge in [-0.05, 0) is 26.1 Å². The number of aryl methyl sites for hydroxylation is 1. The minimum absolute atomic E-state index is 0.124. The molecule has 1 aromatic carbocycles. The van der Waals surface area contributed by atoms with Crippen molar-refractivity contribution in [3.8, 4) is 0 Å². The van der Waals surface area contributed by atoms with Gasteiger partial charge in [0, 0.05) is 18.7 Å². The van der Waals surface area contributed by atoms with E-state index >= 15 is 0 Å². The summed E-state index contributed by atoms with van der Waals surface area (Å²) in [7, 11) is 1.71. The number of carbonyl (C=O) groups excluding carboxylic acids is 1. The first-order valence-electron chi connectivity index (χ1n) is 5.34. The Labute approximate surface area is 103 Å². The first-order chi connectivity index (χ1) is 8.47. The summed E-state index contributed by atoms with van der Waals surface area (Å²) in [6, 6.07) is 1.91. The summed E-state index contributed by atoms with van der Waals surface area (Å²) in [5.74, 6) is -1.32. The van der Waals surface area contributed by atoms with Gasteiger partial charge < -0.3 is 10.6 Å². The molecule has 0 aliphatic carbocycles. The largest absolute Gasteiger partial charge is 0.351 e. The van der Waals surface area contributed by atoms with E-state index in [0.717, 1.165) is 12.1 Å². The maximum absolute atomic E-state index is 13.2. The second kappa shape index (κ2) is 6.06. The van der Waals surface area contributed by atoms with Crippen molar-refractivity contribution < 1.29 is 14.1 Å². The molecule has 1 rings (SSSR count). The molecule has 0 unspecified atom stereocenters. The number of nitro groups is 1. The zero-order valence-electron chi connectivity index (χ0n) is 10.1. The zero-order chi connectivity index (χ0) is 13.7. The van der Waals surface area contributed by atoms with Gasteiger partial charge in [-0.15, -0.1) is 0 Å². The van der Waals surface area contributed by atoms with Crippen molar-refractivity contribution in [2.75, 3.05) is 20.1 Å². The molecule has 1 aromatic rings. The van der Waals surface area contributed by atoms with Crippen LogP contribution in [0.4, 0.5) is 10.1 Å². The lowest BCUT2D eigenvalue weighted by Crippen LogP contribution is -2.31. The number of likely N-dealkylation sites (N-methyl/N-ethyl adjacent to an activating group) is 1. The van der Waals surface area contributed by atoms with Crippen LogP contribution in [-0.2, 0) is 0 Å². The molecule has 0 aromatic heterocycles. The van der Waals surface area contributed by atoms with E-state index in [2.05, 4.69) is 10.6 Å². The molecule has 0 aliphatic heterocycles. The van der Waals surface area contributed by atoms with Gasteiger partial charge in [-0.1, -0.05) is 0 Å². The molecule has 0 fully saturated rings. The van der Waals surface area contributed by atoms with Gasteiger partial charge in [0.1, 0.15) is 11.4 Å². The van der Waals surface area contributed by atoms with Crippen LogP contribution >= 0.6 is 0 Å². The second-order valence-corrected chi connectivity index (χ2v) is 3.74. The Bertz CT molecular complexity index is 477. The molecule has 0 atom stereocenters. The number of carbonyl (C=O) groups is 1. The monoisotopic (exact) mass is 255 g/mol. The molecule has 18 heavy (non-hydrogen) atoms. The van der Waals surface area contributed by atoms with E-state index in [4.69, 9.17) is 0 Å². The Hall–Kier alpha value is -2.02. The maximum atomic E-state index is 13.2. The fourth-order valence-corrected chi connectivity index (χ4v) is 1.55. The Kier molecular flexibility index (Phi) is 4.73. The number of hydrogen-bond acceptors (Lipinski definition) is 4. The molecule has 0 aliphatic rings. The van der Waals surface area contributed by atoms with Gasteiger partial charge in [0.25, 0.3) is 11.6 Å². The molecule has 6 nitrogen and oxygen atoms in total. The van der Waals surface area contributed by atoms with Crippen molar-refractivity contribution in [2.24, 2.45) is 0 Å². The highest BCUT2D eigenvalue weighted by atomic mass is 19.1. The molecule has 0 bridgehead atoms. The minimum Gasteiger partial charge on any atom is -0.351 e. The fourth-order valence-electron chi connectivity index (χ4n) is 1.55. The lowest BCUT2D eigenvalue weighted by Gasteiger charge is -2.07. The van der Waals surface area contributed by atoms with Crippen LogP contribution in [-0.4, -0.2) is 31.0 Å². The third-order valence-corrected chi connectivity index (χ3v) is 2.35. The van der Waals surface area contributed by atoms with E-state index in [-0.39, 0.29) is 16.8 Å². The first kappa shape index (κ1) is 14.0. The predicted molar refractivity (Wildman–Crippen MR) is 64.1 cm³/mol. The lowest BCUT2D eigenvalue weighted by molar-refractivity contribution is -0.385. The van der Waals surface area contributed by atoms with E-state index in [9.17, 15) is 19.3 Å². The average Bonchev–Trinajstić information content (AvgIpc) is 2.27. The van der Waals surface area contributed by atoms with Gasteiger partial charge in [0.2, 0.25) is 0 Å². The third kappa shape index (κ3) is 3.24. The van der Waals surface area contributed by atoms with Crippen molar-refractivity contribution in [3.05, 3.63) is 39.2 Å². The molecule has 0 radical (unpaired) electrons. The molecule has 0 saturated carbocycles.